The molecule has 72 valence electrons. The van der Waals surface area contributed by atoms with Crippen molar-refractivity contribution in [2.45, 2.75) is 20.3 Å². The zero-order valence-electron chi connectivity index (χ0n) is 8.34. The van der Waals surface area contributed by atoms with Gasteiger partial charge in [0.2, 0.25) is 0 Å². The van der Waals surface area contributed by atoms with E-state index < -0.39 is 0 Å². The summed E-state index contributed by atoms with van der Waals surface area (Å²) in [5.41, 5.74) is 2.99. The Labute approximate surface area is 93.2 Å². The predicted molar refractivity (Wildman–Crippen MR) is 62.8 cm³/mol. The number of rotatable bonds is 2. The maximum absolute atomic E-state index is 8.93. The van der Waals surface area contributed by atoms with Crippen LogP contribution in [0.2, 0.25) is 0 Å². The largest absolute Gasteiger partial charge is 0.192 e. The lowest BCUT2D eigenvalue weighted by atomic mass is 10.1. The van der Waals surface area contributed by atoms with E-state index in [4.69, 9.17) is 5.26 Å². The number of hydrogen-bond acceptors (Lipinski definition) is 1. The molecule has 0 saturated carbocycles. The molecule has 1 rings (SSSR count). The minimum absolute atomic E-state index is 0.715. The molecule has 0 aliphatic carbocycles. The third-order valence-electron chi connectivity index (χ3n) is 2.10. The lowest BCUT2D eigenvalue weighted by Crippen LogP contribution is -1.83. The summed E-state index contributed by atoms with van der Waals surface area (Å²) < 4.78 is 0.945. The second-order valence-electron chi connectivity index (χ2n) is 3.19. The average Bonchev–Trinajstić information content (AvgIpc) is 2.20. The smallest absolute Gasteiger partial charge is 0.0998 e. The highest BCUT2D eigenvalue weighted by Gasteiger charge is 1.99. The third kappa shape index (κ3) is 2.71. The van der Waals surface area contributed by atoms with Crippen molar-refractivity contribution in [1.29, 1.82) is 5.26 Å². The number of allylic oxidation sites excluding steroid dienone is 1. The van der Waals surface area contributed by atoms with Gasteiger partial charge in [-0.05, 0) is 31.0 Å². The van der Waals surface area contributed by atoms with E-state index in [1.807, 2.05) is 18.2 Å². The lowest BCUT2D eigenvalue weighted by molar-refractivity contribution is 1.11. The van der Waals surface area contributed by atoms with Crippen LogP contribution in [0.1, 0.15) is 31.4 Å². The molecule has 0 amide bonds. The van der Waals surface area contributed by atoms with Crippen LogP contribution >= 0.6 is 15.9 Å². The highest BCUT2D eigenvalue weighted by molar-refractivity contribution is 9.10. The molecule has 0 aliphatic rings. The summed E-state index contributed by atoms with van der Waals surface area (Å²) in [6.45, 7) is 4.18. The number of nitrogens with zero attached hydrogens (tertiary/aromatic N) is 1. The van der Waals surface area contributed by atoms with Gasteiger partial charge in [-0.3, -0.25) is 0 Å². The molecule has 0 aliphatic heterocycles. The zero-order chi connectivity index (χ0) is 10.6. The van der Waals surface area contributed by atoms with Gasteiger partial charge in [0.25, 0.3) is 0 Å². The molecule has 0 saturated heterocycles. The molecule has 0 heterocycles. The van der Waals surface area contributed by atoms with Crippen molar-refractivity contribution in [3.8, 4) is 6.07 Å². The van der Waals surface area contributed by atoms with Crippen molar-refractivity contribution in [3.63, 3.8) is 0 Å². The quantitative estimate of drug-likeness (QED) is 0.773. The van der Waals surface area contributed by atoms with E-state index in [1.54, 1.807) is 0 Å². The van der Waals surface area contributed by atoms with Gasteiger partial charge in [-0.2, -0.15) is 5.26 Å². The van der Waals surface area contributed by atoms with Crippen molar-refractivity contribution in [2.75, 3.05) is 0 Å². The van der Waals surface area contributed by atoms with Gasteiger partial charge in [0.05, 0.1) is 11.6 Å². The van der Waals surface area contributed by atoms with E-state index in [1.165, 1.54) is 5.57 Å². The van der Waals surface area contributed by atoms with Crippen molar-refractivity contribution < 1.29 is 0 Å². The molecule has 0 fully saturated rings. The molecule has 0 aromatic heterocycles. The fourth-order valence-corrected chi connectivity index (χ4v) is 1.48. The van der Waals surface area contributed by atoms with Gasteiger partial charge in [-0.25, -0.2) is 0 Å². The Balaban J connectivity index is 3.17. The Morgan fingerprint density at radius 3 is 2.86 bits per heavy atom. The van der Waals surface area contributed by atoms with Crippen LogP contribution in [0.5, 0.6) is 0 Å². The first-order valence-corrected chi connectivity index (χ1v) is 5.33. The Morgan fingerprint density at radius 2 is 2.29 bits per heavy atom. The number of benzene rings is 1. The van der Waals surface area contributed by atoms with Crippen LogP contribution < -0.4 is 0 Å². The van der Waals surface area contributed by atoms with Crippen LogP contribution in [0.4, 0.5) is 0 Å². The molecule has 0 spiro atoms. The first-order chi connectivity index (χ1) is 6.67. The minimum atomic E-state index is 0.715. The molecule has 1 aromatic rings. The molecule has 0 radical (unpaired) electrons. The van der Waals surface area contributed by atoms with Crippen LogP contribution in [-0.2, 0) is 0 Å². The van der Waals surface area contributed by atoms with Crippen molar-refractivity contribution in [1.82, 2.24) is 0 Å². The molecular weight excluding hydrogens is 238 g/mol. The maximum Gasteiger partial charge on any atom is 0.0998 e. The number of halogens is 1. The number of nitriles is 1. The van der Waals surface area contributed by atoms with E-state index in [0.29, 0.717) is 5.56 Å². The van der Waals surface area contributed by atoms with E-state index in [-0.39, 0.29) is 0 Å². The predicted octanol–water partition coefficient (Wildman–Crippen LogP) is 4.13. The van der Waals surface area contributed by atoms with Gasteiger partial charge >= 0.3 is 0 Å². The maximum atomic E-state index is 8.93. The van der Waals surface area contributed by atoms with Crippen LogP contribution in [0.3, 0.4) is 0 Å². The molecule has 0 bridgehead atoms. The normalized spacial score (nSPS) is 11.1. The van der Waals surface area contributed by atoms with E-state index in [9.17, 15) is 0 Å². The molecule has 0 N–H and O–H groups in total. The first-order valence-electron chi connectivity index (χ1n) is 4.54. The van der Waals surface area contributed by atoms with Crippen LogP contribution in [-0.4, -0.2) is 0 Å². The summed E-state index contributed by atoms with van der Waals surface area (Å²) in [6.07, 6.45) is 3.08. The van der Waals surface area contributed by atoms with Crippen LogP contribution in [0.15, 0.2) is 28.2 Å². The van der Waals surface area contributed by atoms with Crippen LogP contribution in [0.25, 0.3) is 6.08 Å². The summed E-state index contributed by atoms with van der Waals surface area (Å²) in [7, 11) is 0. The van der Waals surface area contributed by atoms with Gasteiger partial charge in [0, 0.05) is 4.47 Å². The Hall–Kier alpha value is -1.07. The summed E-state index contributed by atoms with van der Waals surface area (Å²) in [6, 6.07) is 7.95. The minimum Gasteiger partial charge on any atom is -0.192 e. The molecule has 0 atom stereocenters. The fraction of sp³-hybridized carbons (Fsp3) is 0.250. The summed E-state index contributed by atoms with van der Waals surface area (Å²) in [5.74, 6) is 0. The average molecular weight is 250 g/mol. The van der Waals surface area contributed by atoms with Crippen molar-refractivity contribution in [2.24, 2.45) is 0 Å². The van der Waals surface area contributed by atoms with Gasteiger partial charge in [0.15, 0.2) is 0 Å². The Morgan fingerprint density at radius 1 is 1.57 bits per heavy atom. The van der Waals surface area contributed by atoms with E-state index >= 15 is 0 Å². The second kappa shape index (κ2) is 4.97. The summed E-state index contributed by atoms with van der Waals surface area (Å²) >= 11 is 3.35. The summed E-state index contributed by atoms with van der Waals surface area (Å²) in [5, 5.41) is 8.93. The fourth-order valence-electron chi connectivity index (χ4n) is 1.12. The third-order valence-corrected chi connectivity index (χ3v) is 2.59. The van der Waals surface area contributed by atoms with Crippen LogP contribution in [0, 0.1) is 11.3 Å². The monoisotopic (exact) mass is 249 g/mol. The number of hydrogen-bond donors (Lipinski definition) is 0. The molecule has 0 unspecified atom stereocenters. The van der Waals surface area contributed by atoms with Crippen molar-refractivity contribution >= 4 is 22.0 Å². The molecule has 2 heteroatoms. The molecule has 14 heavy (non-hydrogen) atoms. The van der Waals surface area contributed by atoms with Gasteiger partial charge < -0.3 is 0 Å². The molecular formula is C12H12BrN. The van der Waals surface area contributed by atoms with Crippen molar-refractivity contribution in [3.05, 3.63) is 39.4 Å². The lowest BCUT2D eigenvalue weighted by Gasteiger charge is -2.00. The van der Waals surface area contributed by atoms with Gasteiger partial charge in [-0.1, -0.05) is 40.6 Å². The summed E-state index contributed by atoms with van der Waals surface area (Å²) in [4.78, 5) is 0. The van der Waals surface area contributed by atoms with E-state index in [0.717, 1.165) is 16.5 Å². The Kier molecular flexibility index (Phi) is 3.91. The first kappa shape index (κ1) is 11.0. The van der Waals surface area contributed by atoms with Gasteiger partial charge in [0.1, 0.15) is 0 Å². The van der Waals surface area contributed by atoms with Gasteiger partial charge in [-0.15, -0.1) is 0 Å². The SMILES string of the molecule is CCC(C)=Cc1ccc(Br)cc1C#N. The standard InChI is InChI=1S/C12H12BrN/c1-3-9(2)6-10-4-5-12(13)7-11(10)8-14/h4-7H,3H2,1-2H3. The zero-order valence-corrected chi connectivity index (χ0v) is 9.93. The second-order valence-corrected chi connectivity index (χ2v) is 4.10. The molecule has 1 nitrogen and oxygen atoms in total. The Bertz CT molecular complexity index is 399. The highest BCUT2D eigenvalue weighted by atomic mass is 79.9. The molecule has 1 aromatic carbocycles. The van der Waals surface area contributed by atoms with E-state index in [2.05, 4.69) is 41.9 Å². The topological polar surface area (TPSA) is 23.8 Å². The highest BCUT2D eigenvalue weighted by Crippen LogP contribution is 2.19.